The Kier molecular flexibility index (Phi) is 6.38. The van der Waals surface area contributed by atoms with Gasteiger partial charge in [-0.05, 0) is 36.8 Å². The van der Waals surface area contributed by atoms with Gasteiger partial charge in [-0.3, -0.25) is 0 Å². The number of fused-ring (bicyclic) bond motifs is 1. The molecule has 1 aliphatic rings. The van der Waals surface area contributed by atoms with Gasteiger partial charge in [0.2, 0.25) is 0 Å². The van der Waals surface area contributed by atoms with Gasteiger partial charge < -0.3 is 38.7 Å². The van der Waals surface area contributed by atoms with Crippen molar-refractivity contribution >= 4 is 5.97 Å². The molecule has 2 aromatic carbocycles. The maximum atomic E-state index is 11.6. The smallest absolute Gasteiger partial charge is 0.161 e. The highest BCUT2D eigenvalue weighted by molar-refractivity contribution is 5.67. The second kappa shape index (κ2) is 8.81. The number of aliphatic carboxylic acids is 1. The van der Waals surface area contributed by atoms with Crippen LogP contribution in [0.2, 0.25) is 0 Å². The van der Waals surface area contributed by atoms with Crippen molar-refractivity contribution in [3.8, 4) is 23.0 Å². The Balaban J connectivity index is 2.19. The van der Waals surface area contributed by atoms with Crippen molar-refractivity contribution in [2.45, 2.75) is 31.2 Å². The topological polar surface area (TPSA) is 107 Å². The zero-order chi connectivity index (χ0) is 21.9. The maximum absolute atomic E-state index is 11.6. The van der Waals surface area contributed by atoms with E-state index in [2.05, 4.69) is 0 Å². The highest BCUT2D eigenvalue weighted by Gasteiger charge is 2.52. The minimum atomic E-state index is -1.93. The Bertz CT molecular complexity index is 912. The molecule has 0 fully saturated rings. The predicted octanol–water partition coefficient (Wildman–Crippen LogP) is 1.79. The third-order valence-corrected chi connectivity index (χ3v) is 5.13. The summed E-state index contributed by atoms with van der Waals surface area (Å²) in [7, 11) is 4.53. The summed E-state index contributed by atoms with van der Waals surface area (Å²) in [5, 5.41) is 23.2. The number of carboxylic acids is 1. The average molecular weight is 417 g/mol. The van der Waals surface area contributed by atoms with Crippen molar-refractivity contribution in [1.82, 2.24) is 0 Å². The molecule has 3 atom stereocenters. The zero-order valence-corrected chi connectivity index (χ0v) is 17.3. The number of carbonyl (C=O) groups excluding carboxylic acids is 1. The highest BCUT2D eigenvalue weighted by atomic mass is 16.5. The van der Waals surface area contributed by atoms with E-state index in [-0.39, 0.29) is 6.61 Å². The Morgan fingerprint density at radius 2 is 1.83 bits per heavy atom. The first-order valence-corrected chi connectivity index (χ1v) is 9.48. The van der Waals surface area contributed by atoms with Crippen molar-refractivity contribution in [2.24, 2.45) is 0 Å². The van der Waals surface area contributed by atoms with Gasteiger partial charge in [0.05, 0.1) is 21.3 Å². The molecule has 162 valence electrons. The zero-order valence-electron chi connectivity index (χ0n) is 17.3. The highest BCUT2D eigenvalue weighted by Crippen LogP contribution is 2.52. The first-order chi connectivity index (χ1) is 14.4. The van der Waals surface area contributed by atoms with Crippen LogP contribution < -0.4 is 24.1 Å². The molecular formula is C22H25O8-. The number of ether oxygens (including phenoxy) is 5. The van der Waals surface area contributed by atoms with Gasteiger partial charge in [-0.1, -0.05) is 6.07 Å². The summed E-state index contributed by atoms with van der Waals surface area (Å²) in [5.41, 5.74) is -0.913. The van der Waals surface area contributed by atoms with Gasteiger partial charge in [0.15, 0.2) is 17.6 Å². The van der Waals surface area contributed by atoms with E-state index in [1.807, 2.05) is 0 Å². The summed E-state index contributed by atoms with van der Waals surface area (Å²) in [4.78, 5) is 11.6. The van der Waals surface area contributed by atoms with Gasteiger partial charge >= 0.3 is 0 Å². The summed E-state index contributed by atoms with van der Waals surface area (Å²) in [6.45, 7) is 2.02. The van der Waals surface area contributed by atoms with Gasteiger partial charge in [-0.15, -0.1) is 0 Å². The van der Waals surface area contributed by atoms with E-state index in [4.69, 9.17) is 23.7 Å². The molecule has 1 N–H and O–H groups in total. The Labute approximate surface area is 174 Å². The molecule has 0 radical (unpaired) electrons. The lowest BCUT2D eigenvalue weighted by atomic mass is 9.77. The summed E-state index contributed by atoms with van der Waals surface area (Å²) in [5.74, 6) is 0.465. The molecular weight excluding hydrogens is 392 g/mol. The Morgan fingerprint density at radius 1 is 1.10 bits per heavy atom. The largest absolute Gasteiger partial charge is 0.550 e. The molecule has 0 saturated heterocycles. The lowest BCUT2D eigenvalue weighted by Gasteiger charge is -2.46. The van der Waals surface area contributed by atoms with Crippen molar-refractivity contribution < 1.29 is 38.7 Å². The van der Waals surface area contributed by atoms with Gasteiger partial charge in [0, 0.05) is 30.6 Å². The first kappa shape index (κ1) is 21.7. The molecule has 0 amide bonds. The van der Waals surface area contributed by atoms with Crippen LogP contribution in [0.15, 0.2) is 36.4 Å². The summed E-state index contributed by atoms with van der Waals surface area (Å²) >= 11 is 0. The van der Waals surface area contributed by atoms with E-state index >= 15 is 0 Å². The van der Waals surface area contributed by atoms with Crippen LogP contribution in [0.5, 0.6) is 23.0 Å². The molecule has 0 aromatic heterocycles. The Morgan fingerprint density at radius 3 is 2.43 bits per heavy atom. The molecule has 0 saturated carbocycles. The lowest BCUT2D eigenvalue weighted by molar-refractivity contribution is -0.314. The summed E-state index contributed by atoms with van der Waals surface area (Å²) in [6, 6.07) is 10.0. The minimum absolute atomic E-state index is 0.254. The van der Waals surface area contributed by atoms with Crippen molar-refractivity contribution in [3.05, 3.63) is 47.5 Å². The fourth-order valence-electron chi connectivity index (χ4n) is 3.79. The van der Waals surface area contributed by atoms with Crippen LogP contribution in [-0.2, 0) is 9.53 Å². The molecule has 8 heteroatoms. The number of rotatable bonds is 8. The van der Waals surface area contributed by atoms with Gasteiger partial charge in [0.1, 0.15) is 23.2 Å². The second-order valence-corrected chi connectivity index (χ2v) is 6.89. The van der Waals surface area contributed by atoms with E-state index in [0.717, 1.165) is 0 Å². The average Bonchev–Trinajstić information content (AvgIpc) is 2.74. The standard InChI is InChI=1S/C22H26O8/c1-5-29-21-15-8-7-14(26-2)11-17(15)30-20(22(21,25)12-19(23)24)13-6-9-16(27-3)18(10-13)28-4/h6-11,20-21,25H,5,12H2,1-4H3,(H,23,24)/p-1/t20-,21-,22-/m1/s1. The van der Waals surface area contributed by atoms with Crippen LogP contribution in [0.25, 0.3) is 0 Å². The Hall–Kier alpha value is -2.97. The third-order valence-electron chi connectivity index (χ3n) is 5.13. The van der Waals surface area contributed by atoms with Crippen molar-refractivity contribution in [3.63, 3.8) is 0 Å². The first-order valence-electron chi connectivity index (χ1n) is 9.48. The molecule has 2 aromatic rings. The molecule has 1 heterocycles. The molecule has 30 heavy (non-hydrogen) atoms. The quantitative estimate of drug-likeness (QED) is 0.693. The number of carbonyl (C=O) groups is 1. The lowest BCUT2D eigenvalue weighted by Crippen LogP contribution is -2.52. The normalized spacial score (nSPS) is 22.6. The maximum Gasteiger partial charge on any atom is 0.161 e. The third kappa shape index (κ3) is 3.88. The van der Waals surface area contributed by atoms with Gasteiger partial charge in [-0.2, -0.15) is 0 Å². The molecule has 0 spiro atoms. The summed E-state index contributed by atoms with van der Waals surface area (Å²) < 4.78 is 27.9. The number of aliphatic hydroxyl groups is 1. The number of benzene rings is 2. The van der Waals surface area contributed by atoms with E-state index in [0.29, 0.717) is 34.1 Å². The van der Waals surface area contributed by atoms with Gasteiger partial charge in [-0.25, -0.2) is 0 Å². The minimum Gasteiger partial charge on any atom is -0.550 e. The fraction of sp³-hybridized carbons (Fsp3) is 0.409. The van der Waals surface area contributed by atoms with Crippen LogP contribution in [0.3, 0.4) is 0 Å². The molecule has 0 unspecified atom stereocenters. The SMILES string of the molecule is CCO[C@@H]1c2ccc(OC)cc2O[C@H](c2ccc(OC)c(OC)c2)[C@]1(O)CC(=O)[O-]. The predicted molar refractivity (Wildman–Crippen MR) is 105 cm³/mol. The number of methoxy groups -OCH3 is 3. The number of hydrogen-bond acceptors (Lipinski definition) is 8. The van der Waals surface area contributed by atoms with Crippen molar-refractivity contribution in [1.29, 1.82) is 0 Å². The van der Waals surface area contributed by atoms with E-state index in [9.17, 15) is 15.0 Å². The molecule has 1 aliphatic heterocycles. The van der Waals surface area contributed by atoms with E-state index in [1.165, 1.54) is 21.3 Å². The van der Waals surface area contributed by atoms with Gasteiger partial charge in [0.25, 0.3) is 0 Å². The van der Waals surface area contributed by atoms with Crippen molar-refractivity contribution in [2.75, 3.05) is 27.9 Å². The monoisotopic (exact) mass is 417 g/mol. The molecule has 8 nitrogen and oxygen atoms in total. The fourth-order valence-corrected chi connectivity index (χ4v) is 3.79. The van der Waals surface area contributed by atoms with Crippen LogP contribution >= 0.6 is 0 Å². The summed E-state index contributed by atoms with van der Waals surface area (Å²) in [6.07, 6.45) is -2.73. The molecule has 0 bridgehead atoms. The second-order valence-electron chi connectivity index (χ2n) is 6.89. The van der Waals surface area contributed by atoms with Crippen LogP contribution in [0, 0.1) is 0 Å². The number of carboxylic acid groups (broad SMARTS) is 1. The van der Waals surface area contributed by atoms with E-state index in [1.54, 1.807) is 43.3 Å². The van der Waals surface area contributed by atoms with E-state index < -0.39 is 30.2 Å². The molecule has 0 aliphatic carbocycles. The molecule has 3 rings (SSSR count). The van der Waals surface area contributed by atoms with Crippen LogP contribution in [0.4, 0.5) is 0 Å². The number of hydrogen-bond donors (Lipinski definition) is 1. The van der Waals surface area contributed by atoms with Crippen LogP contribution in [0.1, 0.15) is 36.7 Å². The van der Waals surface area contributed by atoms with Crippen LogP contribution in [-0.4, -0.2) is 44.6 Å².